The van der Waals surface area contributed by atoms with Crippen LogP contribution in [0.25, 0.3) is 0 Å². The lowest BCUT2D eigenvalue weighted by atomic mass is 10.1. The molecular formula is C20H22F3N3O4. The summed E-state index contributed by atoms with van der Waals surface area (Å²) in [5.74, 6) is -3.09. The molecule has 1 amide bonds. The Labute approximate surface area is 171 Å². The van der Waals surface area contributed by atoms with Gasteiger partial charge in [0.15, 0.2) is 0 Å². The number of hydrogen-bond acceptors (Lipinski definition) is 6. The molecule has 0 aliphatic carbocycles. The lowest BCUT2D eigenvalue weighted by Crippen LogP contribution is -2.69. The summed E-state index contributed by atoms with van der Waals surface area (Å²) in [5.41, 5.74) is -3.14. The standard InChI is InChI=1S/C20H22F3N3O4/c1-4-29-15-9-7-6-8-14(15)17(27)26-19(20(21,22)23,18(28)30-5-2)25-16-12-13(3)10-11-24-16/h6-12H,4-5H2,1-3H3,(H,24,25)(H,26,27)/t19-/m0/s1. The van der Waals surface area contributed by atoms with Crippen molar-refractivity contribution in [2.75, 3.05) is 18.5 Å². The van der Waals surface area contributed by atoms with Crippen molar-refractivity contribution in [1.82, 2.24) is 10.3 Å². The fraction of sp³-hybridized carbons (Fsp3) is 0.350. The summed E-state index contributed by atoms with van der Waals surface area (Å²) in [4.78, 5) is 29.1. The van der Waals surface area contributed by atoms with Gasteiger partial charge in [0.05, 0.1) is 18.8 Å². The van der Waals surface area contributed by atoms with Crippen LogP contribution in [0.3, 0.4) is 0 Å². The van der Waals surface area contributed by atoms with Gasteiger partial charge in [0.1, 0.15) is 11.6 Å². The van der Waals surface area contributed by atoms with E-state index in [1.165, 1.54) is 37.4 Å². The van der Waals surface area contributed by atoms with Crippen LogP contribution in [0.2, 0.25) is 0 Å². The van der Waals surface area contributed by atoms with Crippen LogP contribution in [0.15, 0.2) is 42.6 Å². The van der Waals surface area contributed by atoms with E-state index in [4.69, 9.17) is 4.74 Å². The largest absolute Gasteiger partial charge is 0.493 e. The van der Waals surface area contributed by atoms with Gasteiger partial charge in [-0.1, -0.05) is 12.1 Å². The number of benzene rings is 1. The molecule has 10 heteroatoms. The smallest absolute Gasteiger partial charge is 0.441 e. The molecule has 1 aromatic heterocycles. The van der Waals surface area contributed by atoms with Gasteiger partial charge < -0.3 is 20.1 Å². The van der Waals surface area contributed by atoms with Crippen LogP contribution >= 0.6 is 0 Å². The molecule has 0 bridgehead atoms. The van der Waals surface area contributed by atoms with Gasteiger partial charge in [0.25, 0.3) is 5.91 Å². The summed E-state index contributed by atoms with van der Waals surface area (Å²) in [5, 5.41) is 3.80. The fourth-order valence-electron chi connectivity index (χ4n) is 2.60. The van der Waals surface area contributed by atoms with Crippen molar-refractivity contribution in [2.45, 2.75) is 32.6 Å². The topological polar surface area (TPSA) is 89.5 Å². The van der Waals surface area contributed by atoms with Gasteiger partial charge in [-0.25, -0.2) is 9.78 Å². The number of nitrogens with one attached hydrogen (secondary N) is 2. The highest BCUT2D eigenvalue weighted by atomic mass is 19.4. The predicted molar refractivity (Wildman–Crippen MR) is 103 cm³/mol. The molecule has 1 heterocycles. The first-order valence-electron chi connectivity index (χ1n) is 9.13. The first kappa shape index (κ1) is 23.0. The first-order chi connectivity index (χ1) is 14.1. The highest BCUT2D eigenvalue weighted by Crippen LogP contribution is 2.33. The quantitative estimate of drug-likeness (QED) is 0.498. The number of para-hydroxylation sites is 1. The third-order valence-electron chi connectivity index (χ3n) is 3.97. The van der Waals surface area contributed by atoms with E-state index in [-0.39, 0.29) is 30.3 Å². The van der Waals surface area contributed by atoms with Gasteiger partial charge in [-0.05, 0) is 50.6 Å². The SMILES string of the molecule is CCOC(=O)[C@@](NC(=O)c1ccccc1OCC)(Nc1cc(C)ccn1)C(F)(F)F. The Balaban J connectivity index is 2.54. The van der Waals surface area contributed by atoms with Gasteiger partial charge in [-0.2, -0.15) is 13.2 Å². The van der Waals surface area contributed by atoms with E-state index in [9.17, 15) is 22.8 Å². The van der Waals surface area contributed by atoms with E-state index in [0.29, 0.717) is 5.56 Å². The number of ether oxygens (including phenoxy) is 2. The zero-order chi connectivity index (χ0) is 22.4. The molecule has 2 aromatic rings. The van der Waals surface area contributed by atoms with Crippen LogP contribution in [-0.4, -0.2) is 41.9 Å². The Bertz CT molecular complexity index is 905. The number of pyridine rings is 1. The lowest BCUT2D eigenvalue weighted by molar-refractivity contribution is -0.204. The summed E-state index contributed by atoms with van der Waals surface area (Å²) in [6, 6.07) is 8.64. The molecule has 30 heavy (non-hydrogen) atoms. The number of esters is 1. The fourth-order valence-corrected chi connectivity index (χ4v) is 2.60. The van der Waals surface area contributed by atoms with Gasteiger partial charge in [-0.15, -0.1) is 0 Å². The van der Waals surface area contributed by atoms with Crippen LogP contribution in [0.5, 0.6) is 5.75 Å². The van der Waals surface area contributed by atoms with E-state index in [1.807, 2.05) is 5.32 Å². The molecule has 2 rings (SSSR count). The molecule has 0 aliphatic heterocycles. The zero-order valence-electron chi connectivity index (χ0n) is 16.7. The number of halogens is 3. The second kappa shape index (κ2) is 9.47. The predicted octanol–water partition coefficient (Wildman–Crippen LogP) is 3.45. The Morgan fingerprint density at radius 2 is 1.80 bits per heavy atom. The molecule has 0 saturated carbocycles. The maximum Gasteiger partial charge on any atom is 0.441 e. The average Bonchev–Trinajstić information content (AvgIpc) is 2.67. The number of alkyl halides is 3. The number of rotatable bonds is 8. The van der Waals surface area contributed by atoms with Crippen LogP contribution in [0.4, 0.5) is 19.0 Å². The summed E-state index contributed by atoms with van der Waals surface area (Å²) in [6.45, 7) is 4.53. The van der Waals surface area contributed by atoms with Crippen molar-refractivity contribution in [3.63, 3.8) is 0 Å². The monoisotopic (exact) mass is 425 g/mol. The Hall–Kier alpha value is -3.30. The van der Waals surface area contributed by atoms with Gasteiger partial charge >= 0.3 is 17.8 Å². The third-order valence-corrected chi connectivity index (χ3v) is 3.97. The minimum absolute atomic E-state index is 0.0751. The van der Waals surface area contributed by atoms with E-state index in [2.05, 4.69) is 9.72 Å². The molecule has 0 spiro atoms. The maximum atomic E-state index is 14.2. The van der Waals surface area contributed by atoms with Crippen molar-refractivity contribution in [1.29, 1.82) is 0 Å². The summed E-state index contributed by atoms with van der Waals surface area (Å²) >= 11 is 0. The number of anilines is 1. The number of nitrogens with zero attached hydrogens (tertiary/aromatic N) is 1. The molecule has 1 aromatic carbocycles. The summed E-state index contributed by atoms with van der Waals surface area (Å²) < 4.78 is 52.6. The summed E-state index contributed by atoms with van der Waals surface area (Å²) in [7, 11) is 0. The molecule has 0 radical (unpaired) electrons. The van der Waals surface area contributed by atoms with Gasteiger partial charge in [-0.3, -0.25) is 4.79 Å². The van der Waals surface area contributed by atoms with E-state index in [0.717, 1.165) is 0 Å². The molecule has 162 valence electrons. The number of aryl methyl sites for hydroxylation is 1. The van der Waals surface area contributed by atoms with Crippen LogP contribution in [0, 0.1) is 6.92 Å². The Morgan fingerprint density at radius 1 is 1.10 bits per heavy atom. The third kappa shape index (κ3) is 5.00. The molecule has 0 aliphatic rings. The number of aromatic nitrogens is 1. The van der Waals surface area contributed by atoms with Crippen molar-refractivity contribution in [3.05, 3.63) is 53.7 Å². The van der Waals surface area contributed by atoms with Crippen molar-refractivity contribution >= 4 is 17.7 Å². The lowest BCUT2D eigenvalue weighted by Gasteiger charge is -2.35. The number of carbonyl (C=O) groups excluding carboxylic acids is 2. The number of hydrogen-bond donors (Lipinski definition) is 2. The van der Waals surface area contributed by atoms with E-state index < -0.39 is 23.7 Å². The van der Waals surface area contributed by atoms with E-state index in [1.54, 1.807) is 31.3 Å². The molecule has 0 fully saturated rings. The van der Waals surface area contributed by atoms with Crippen molar-refractivity contribution < 1.29 is 32.2 Å². The van der Waals surface area contributed by atoms with Crippen molar-refractivity contribution in [3.8, 4) is 5.75 Å². The second-order valence-electron chi connectivity index (χ2n) is 6.19. The minimum Gasteiger partial charge on any atom is -0.493 e. The van der Waals surface area contributed by atoms with Gasteiger partial charge in [0, 0.05) is 6.20 Å². The molecule has 2 N–H and O–H groups in total. The van der Waals surface area contributed by atoms with Crippen LogP contribution in [-0.2, 0) is 9.53 Å². The molecule has 0 saturated heterocycles. The highest BCUT2D eigenvalue weighted by molar-refractivity contribution is 6.01. The molecular weight excluding hydrogens is 403 g/mol. The van der Waals surface area contributed by atoms with Crippen molar-refractivity contribution in [2.24, 2.45) is 0 Å². The zero-order valence-corrected chi connectivity index (χ0v) is 16.7. The molecule has 7 nitrogen and oxygen atoms in total. The van der Waals surface area contributed by atoms with Crippen LogP contribution in [0.1, 0.15) is 29.8 Å². The Kier molecular flexibility index (Phi) is 7.25. The highest BCUT2D eigenvalue weighted by Gasteiger charge is 2.64. The molecule has 0 unspecified atom stereocenters. The number of carbonyl (C=O) groups is 2. The second-order valence-corrected chi connectivity index (χ2v) is 6.19. The average molecular weight is 425 g/mol. The van der Waals surface area contributed by atoms with Gasteiger partial charge in [0.2, 0.25) is 0 Å². The van der Waals surface area contributed by atoms with E-state index >= 15 is 0 Å². The summed E-state index contributed by atoms with van der Waals surface area (Å²) in [6.07, 6.45) is -3.99. The van der Waals surface area contributed by atoms with Crippen LogP contribution < -0.4 is 15.4 Å². The normalized spacial score (nSPS) is 13.1. The molecule has 1 atom stereocenters. The first-order valence-corrected chi connectivity index (χ1v) is 9.13. The number of amides is 1. The minimum atomic E-state index is -5.26. The Morgan fingerprint density at radius 3 is 2.40 bits per heavy atom. The maximum absolute atomic E-state index is 14.2.